The number of rotatable bonds is 6. The highest BCUT2D eigenvalue weighted by Crippen LogP contribution is 2.48. The number of hydrogen-bond donors (Lipinski definition) is 1. The smallest absolute Gasteiger partial charge is 0.148 e. The molecule has 30 heavy (non-hydrogen) atoms. The van der Waals surface area contributed by atoms with E-state index in [2.05, 4.69) is 17.0 Å². The summed E-state index contributed by atoms with van der Waals surface area (Å²) in [6, 6.07) is 14.3. The summed E-state index contributed by atoms with van der Waals surface area (Å²) < 4.78 is 0. The van der Waals surface area contributed by atoms with E-state index in [-0.39, 0.29) is 12.0 Å². The summed E-state index contributed by atoms with van der Waals surface area (Å²) >= 11 is 1.29. The van der Waals surface area contributed by atoms with Crippen LogP contribution in [0.1, 0.15) is 59.1 Å². The second-order valence-electron chi connectivity index (χ2n) is 7.81. The fourth-order valence-electron chi connectivity index (χ4n) is 3.93. The van der Waals surface area contributed by atoms with Gasteiger partial charge in [-0.1, -0.05) is 42.1 Å². The van der Waals surface area contributed by atoms with Gasteiger partial charge >= 0.3 is 0 Å². The second-order valence-corrected chi connectivity index (χ2v) is 8.94. The Bertz CT molecular complexity index is 1010. The maximum atomic E-state index is 11.9. The zero-order chi connectivity index (χ0) is 21.1. The van der Waals surface area contributed by atoms with Crippen molar-refractivity contribution in [2.24, 2.45) is 5.73 Å². The first kappa shape index (κ1) is 20.4. The van der Waals surface area contributed by atoms with E-state index in [1.54, 1.807) is 0 Å². The molecule has 4 rings (SSSR count). The minimum Gasteiger partial charge on any atom is -0.355 e. The molecular formula is C23H23N5OS. The Morgan fingerprint density at radius 1 is 1.10 bits per heavy atom. The van der Waals surface area contributed by atoms with Crippen molar-refractivity contribution in [2.45, 2.75) is 47.9 Å². The van der Waals surface area contributed by atoms with Gasteiger partial charge in [0.05, 0.1) is 16.4 Å². The highest BCUT2D eigenvalue weighted by Gasteiger charge is 2.35. The van der Waals surface area contributed by atoms with E-state index >= 15 is 0 Å². The van der Waals surface area contributed by atoms with Crippen molar-refractivity contribution in [3.63, 3.8) is 0 Å². The fraction of sp³-hybridized carbons (Fsp3) is 0.391. The summed E-state index contributed by atoms with van der Waals surface area (Å²) in [4.78, 5) is 18.8. The molecule has 6 nitrogen and oxygen atoms in total. The number of benzene rings is 1. The third-order valence-electron chi connectivity index (χ3n) is 5.72. The lowest BCUT2D eigenvalue weighted by molar-refractivity contribution is -0.107. The molecule has 2 aromatic rings. The van der Waals surface area contributed by atoms with E-state index < -0.39 is 5.25 Å². The molecule has 2 heterocycles. The Labute approximate surface area is 180 Å². The standard InChI is InChI=1S/C23H23N5OS/c24-12-18-21(16-6-7-16)19(13-25)23(27-22(18)28-10-8-17(26)9-11-28)30-20(14-29)15-4-2-1-3-5-15/h1-5,14,16-17,20H,6-11,26H2. The normalized spacial score (nSPS) is 17.8. The molecule has 152 valence electrons. The van der Waals surface area contributed by atoms with Crippen LogP contribution in [0, 0.1) is 22.7 Å². The maximum absolute atomic E-state index is 11.9. The van der Waals surface area contributed by atoms with Crippen molar-refractivity contribution in [1.29, 1.82) is 10.5 Å². The number of aromatic nitrogens is 1. The van der Waals surface area contributed by atoms with Gasteiger partial charge in [0.2, 0.25) is 0 Å². The SMILES string of the molecule is N#Cc1c(SC(C=O)c2ccccc2)nc(N2CCC(N)CC2)c(C#N)c1C1CC1. The van der Waals surface area contributed by atoms with Gasteiger partial charge in [0.1, 0.15) is 29.3 Å². The molecule has 2 aliphatic rings. The topological polar surface area (TPSA) is 107 Å². The van der Waals surface area contributed by atoms with Crippen LogP contribution < -0.4 is 10.6 Å². The van der Waals surface area contributed by atoms with Crippen molar-refractivity contribution in [2.75, 3.05) is 18.0 Å². The van der Waals surface area contributed by atoms with Crippen LogP contribution in [0.2, 0.25) is 0 Å². The average Bonchev–Trinajstić information content (AvgIpc) is 3.62. The van der Waals surface area contributed by atoms with Gasteiger partial charge < -0.3 is 15.4 Å². The van der Waals surface area contributed by atoms with E-state index in [9.17, 15) is 15.3 Å². The lowest BCUT2D eigenvalue weighted by Gasteiger charge is -2.32. The van der Waals surface area contributed by atoms with E-state index in [0.717, 1.165) is 56.2 Å². The van der Waals surface area contributed by atoms with Gasteiger partial charge in [0.15, 0.2) is 0 Å². The van der Waals surface area contributed by atoms with Crippen LogP contribution >= 0.6 is 11.8 Å². The van der Waals surface area contributed by atoms with Crippen LogP contribution in [-0.2, 0) is 4.79 Å². The monoisotopic (exact) mass is 417 g/mol. The van der Waals surface area contributed by atoms with E-state index in [1.807, 2.05) is 30.3 Å². The highest BCUT2D eigenvalue weighted by molar-refractivity contribution is 8.00. The molecule has 0 amide bonds. The summed E-state index contributed by atoms with van der Waals surface area (Å²) in [5, 5.41) is 20.0. The zero-order valence-electron chi connectivity index (χ0n) is 16.6. The molecule has 0 radical (unpaired) electrons. The lowest BCUT2D eigenvalue weighted by atomic mass is 9.98. The molecule has 1 saturated heterocycles. The molecule has 2 fully saturated rings. The molecule has 1 aromatic heterocycles. The van der Waals surface area contributed by atoms with Crippen molar-refractivity contribution in [3.8, 4) is 12.1 Å². The van der Waals surface area contributed by atoms with Crippen molar-refractivity contribution in [1.82, 2.24) is 4.98 Å². The Morgan fingerprint density at radius 3 is 2.33 bits per heavy atom. The number of nitriles is 2. The number of carbonyl (C=O) groups excluding carboxylic acids is 1. The number of anilines is 1. The third-order valence-corrected chi connectivity index (χ3v) is 6.88. The van der Waals surface area contributed by atoms with Crippen LogP contribution in [0.15, 0.2) is 35.4 Å². The number of carbonyl (C=O) groups is 1. The minimum absolute atomic E-state index is 0.166. The number of thioether (sulfide) groups is 1. The number of aldehydes is 1. The number of nitrogens with zero attached hydrogens (tertiary/aromatic N) is 4. The predicted molar refractivity (Wildman–Crippen MR) is 116 cm³/mol. The highest BCUT2D eigenvalue weighted by atomic mass is 32.2. The first-order chi connectivity index (χ1) is 14.7. The van der Waals surface area contributed by atoms with Crippen LogP contribution in [0.4, 0.5) is 5.82 Å². The number of nitrogens with two attached hydrogens (primary N) is 1. The van der Waals surface area contributed by atoms with Gasteiger partial charge in [-0.05, 0) is 42.7 Å². The van der Waals surface area contributed by atoms with Crippen LogP contribution in [0.5, 0.6) is 0 Å². The first-order valence-electron chi connectivity index (χ1n) is 10.2. The van der Waals surface area contributed by atoms with Crippen LogP contribution in [0.25, 0.3) is 0 Å². The molecule has 1 saturated carbocycles. The Balaban J connectivity index is 1.80. The maximum Gasteiger partial charge on any atom is 0.148 e. The van der Waals surface area contributed by atoms with Crippen molar-refractivity contribution in [3.05, 3.63) is 52.6 Å². The summed E-state index contributed by atoms with van der Waals surface area (Å²) in [6.07, 6.45) is 4.51. The second kappa shape index (κ2) is 8.87. The number of hydrogen-bond acceptors (Lipinski definition) is 7. The van der Waals surface area contributed by atoms with E-state index in [4.69, 9.17) is 10.7 Å². The molecular weight excluding hydrogens is 394 g/mol. The van der Waals surface area contributed by atoms with E-state index in [0.29, 0.717) is 22.0 Å². The van der Waals surface area contributed by atoms with Crippen molar-refractivity contribution < 1.29 is 4.79 Å². The van der Waals surface area contributed by atoms with E-state index in [1.165, 1.54) is 11.8 Å². The molecule has 1 aliphatic carbocycles. The number of pyridine rings is 1. The van der Waals surface area contributed by atoms with Gasteiger partial charge in [-0.15, -0.1) is 0 Å². The summed E-state index contributed by atoms with van der Waals surface area (Å²) in [6.45, 7) is 1.47. The molecule has 7 heteroatoms. The largest absolute Gasteiger partial charge is 0.355 e. The number of piperidine rings is 1. The molecule has 0 spiro atoms. The quantitative estimate of drug-likeness (QED) is 0.564. The molecule has 1 unspecified atom stereocenters. The minimum atomic E-state index is -0.464. The Hall–Kier alpha value is -2.87. The van der Waals surface area contributed by atoms with Crippen molar-refractivity contribution >= 4 is 23.9 Å². The van der Waals surface area contributed by atoms with Crippen LogP contribution in [0.3, 0.4) is 0 Å². The fourth-order valence-corrected chi connectivity index (χ4v) is 4.93. The average molecular weight is 418 g/mol. The van der Waals surface area contributed by atoms with Gasteiger partial charge in [-0.25, -0.2) is 4.98 Å². The summed E-state index contributed by atoms with van der Waals surface area (Å²) in [7, 11) is 0. The zero-order valence-corrected chi connectivity index (χ0v) is 17.4. The molecule has 2 N–H and O–H groups in total. The molecule has 1 aromatic carbocycles. The molecule has 1 aliphatic heterocycles. The van der Waals surface area contributed by atoms with Gasteiger partial charge in [0.25, 0.3) is 0 Å². The van der Waals surface area contributed by atoms with Gasteiger partial charge in [-0.2, -0.15) is 10.5 Å². The summed E-state index contributed by atoms with van der Waals surface area (Å²) in [5.41, 5.74) is 8.69. The Kier molecular flexibility index (Phi) is 6.03. The Morgan fingerprint density at radius 2 is 1.77 bits per heavy atom. The molecule has 0 bridgehead atoms. The lowest BCUT2D eigenvalue weighted by Crippen LogP contribution is -2.40. The van der Waals surface area contributed by atoms with Crippen LogP contribution in [-0.4, -0.2) is 30.4 Å². The van der Waals surface area contributed by atoms with Gasteiger partial charge in [0, 0.05) is 19.1 Å². The third kappa shape index (κ3) is 4.05. The molecule has 1 atom stereocenters. The first-order valence-corrected chi connectivity index (χ1v) is 11.1. The van der Waals surface area contributed by atoms with Gasteiger partial charge in [-0.3, -0.25) is 0 Å². The predicted octanol–water partition coefficient (Wildman–Crippen LogP) is 3.66. The summed E-state index contributed by atoms with van der Waals surface area (Å²) in [5.74, 6) is 0.847.